The summed E-state index contributed by atoms with van der Waals surface area (Å²) in [5, 5.41) is 9.03. The molecule has 0 unspecified atom stereocenters. The van der Waals surface area contributed by atoms with Crippen molar-refractivity contribution in [2.75, 3.05) is 13.7 Å². The zero-order chi connectivity index (χ0) is 18.6. The summed E-state index contributed by atoms with van der Waals surface area (Å²) >= 11 is 7.61. The first-order valence-electron chi connectivity index (χ1n) is 8.40. The third kappa shape index (κ3) is 5.02. The van der Waals surface area contributed by atoms with Crippen LogP contribution in [0.2, 0.25) is 5.02 Å². The number of nitrogens with zero attached hydrogens (tertiary/aromatic N) is 2. The van der Waals surface area contributed by atoms with Gasteiger partial charge < -0.3 is 4.74 Å². The van der Waals surface area contributed by atoms with Gasteiger partial charge in [0.15, 0.2) is 5.78 Å². The Kier molecular flexibility index (Phi) is 6.58. The van der Waals surface area contributed by atoms with E-state index in [9.17, 15) is 4.79 Å². The smallest absolute Gasteiger partial charge is 0.192 e. The number of carbonyl (C=O) groups is 1. The Hall–Kier alpha value is -1.46. The van der Waals surface area contributed by atoms with E-state index in [1.54, 1.807) is 43.1 Å². The van der Waals surface area contributed by atoms with Gasteiger partial charge in [-0.2, -0.15) is 5.10 Å². The van der Waals surface area contributed by atoms with Crippen LogP contribution in [-0.4, -0.2) is 29.5 Å². The standard InChI is InChI=1S/C19H25ClN2O2S/c1-6-7-10-22-17(25-18(21-22)19(2,3)4)12-15(23)14-11-13(20)8-9-16(14)24-5/h8-9,11-12H,6-7,10H2,1-5H3. The van der Waals surface area contributed by atoms with Gasteiger partial charge in [0.1, 0.15) is 15.8 Å². The number of carbonyl (C=O) groups excluding carboxylic acids is 1. The Morgan fingerprint density at radius 2 is 2.12 bits per heavy atom. The van der Waals surface area contributed by atoms with Crippen molar-refractivity contribution in [3.63, 3.8) is 0 Å². The van der Waals surface area contributed by atoms with Crippen LogP contribution >= 0.6 is 23.4 Å². The molecule has 0 aromatic heterocycles. The summed E-state index contributed by atoms with van der Waals surface area (Å²) in [6.45, 7) is 9.32. The lowest BCUT2D eigenvalue weighted by atomic mass is 9.99. The molecule has 1 heterocycles. The highest BCUT2D eigenvalue weighted by Crippen LogP contribution is 2.38. The second-order valence-corrected chi connectivity index (χ2v) is 8.37. The van der Waals surface area contributed by atoms with Gasteiger partial charge in [0.25, 0.3) is 0 Å². The highest BCUT2D eigenvalue weighted by molar-refractivity contribution is 8.17. The molecular formula is C19H25ClN2O2S. The van der Waals surface area contributed by atoms with E-state index in [4.69, 9.17) is 21.4 Å². The normalized spacial score (nSPS) is 16.3. The SMILES string of the molecule is CCCCN1N=C(C(C)(C)C)SC1=CC(=O)c1cc(Cl)ccc1OC. The van der Waals surface area contributed by atoms with Gasteiger partial charge in [-0.25, -0.2) is 0 Å². The lowest BCUT2D eigenvalue weighted by Crippen LogP contribution is -2.16. The molecule has 0 spiro atoms. The van der Waals surface area contributed by atoms with E-state index in [0.717, 1.165) is 29.5 Å². The molecule has 0 saturated carbocycles. The van der Waals surface area contributed by atoms with Gasteiger partial charge in [-0.3, -0.25) is 9.80 Å². The maximum atomic E-state index is 12.8. The number of hydrazone groups is 1. The average molecular weight is 381 g/mol. The maximum absolute atomic E-state index is 12.8. The number of rotatable bonds is 6. The van der Waals surface area contributed by atoms with Crippen molar-refractivity contribution in [1.29, 1.82) is 0 Å². The van der Waals surface area contributed by atoms with Crippen LogP contribution in [0.4, 0.5) is 0 Å². The van der Waals surface area contributed by atoms with Crippen LogP contribution in [0.1, 0.15) is 50.9 Å². The number of ether oxygens (including phenoxy) is 1. The molecule has 1 aromatic carbocycles. The van der Waals surface area contributed by atoms with Crippen LogP contribution in [0, 0.1) is 5.41 Å². The Bertz CT molecular complexity index is 708. The van der Waals surface area contributed by atoms with Crippen molar-refractivity contribution in [1.82, 2.24) is 5.01 Å². The third-order valence-corrected chi connectivity index (χ3v) is 5.37. The van der Waals surface area contributed by atoms with E-state index in [2.05, 4.69) is 27.7 Å². The Balaban J connectivity index is 2.32. The van der Waals surface area contributed by atoms with Gasteiger partial charge >= 0.3 is 0 Å². The molecule has 1 aliphatic rings. The summed E-state index contributed by atoms with van der Waals surface area (Å²) in [6, 6.07) is 5.06. The van der Waals surface area contributed by atoms with Crippen LogP contribution in [0.25, 0.3) is 0 Å². The molecule has 0 amide bonds. The van der Waals surface area contributed by atoms with Crippen molar-refractivity contribution >= 4 is 34.2 Å². The van der Waals surface area contributed by atoms with E-state index in [1.807, 2.05) is 5.01 Å². The van der Waals surface area contributed by atoms with Crippen molar-refractivity contribution < 1.29 is 9.53 Å². The van der Waals surface area contributed by atoms with Crippen LogP contribution in [0.5, 0.6) is 5.75 Å². The molecule has 0 saturated heterocycles. The van der Waals surface area contributed by atoms with Crippen LogP contribution < -0.4 is 4.74 Å². The van der Waals surface area contributed by atoms with Crippen molar-refractivity contribution in [2.45, 2.75) is 40.5 Å². The van der Waals surface area contributed by atoms with Crippen LogP contribution in [0.3, 0.4) is 0 Å². The summed E-state index contributed by atoms with van der Waals surface area (Å²) in [4.78, 5) is 12.8. The van der Waals surface area contributed by atoms with E-state index < -0.39 is 0 Å². The van der Waals surface area contributed by atoms with E-state index >= 15 is 0 Å². The van der Waals surface area contributed by atoms with Gasteiger partial charge in [0.05, 0.1) is 12.7 Å². The minimum atomic E-state index is -0.131. The number of unbranched alkanes of at least 4 members (excludes halogenated alkanes) is 1. The van der Waals surface area contributed by atoms with Crippen LogP contribution in [-0.2, 0) is 0 Å². The highest BCUT2D eigenvalue weighted by Gasteiger charge is 2.30. The molecule has 136 valence electrons. The zero-order valence-electron chi connectivity index (χ0n) is 15.4. The molecule has 1 aromatic rings. The summed E-state index contributed by atoms with van der Waals surface area (Å²) in [6.07, 6.45) is 3.73. The van der Waals surface area contributed by atoms with Gasteiger partial charge in [-0.15, -0.1) is 0 Å². The van der Waals surface area contributed by atoms with Crippen LogP contribution in [0.15, 0.2) is 34.4 Å². The quantitative estimate of drug-likeness (QED) is 0.477. The number of thioether (sulfide) groups is 1. The summed E-state index contributed by atoms with van der Waals surface area (Å²) in [5.74, 6) is 0.389. The molecule has 0 bridgehead atoms. The minimum Gasteiger partial charge on any atom is -0.496 e. The minimum absolute atomic E-state index is 0.0541. The molecule has 25 heavy (non-hydrogen) atoms. The number of halogens is 1. The first-order valence-corrected chi connectivity index (χ1v) is 9.59. The Morgan fingerprint density at radius 1 is 1.40 bits per heavy atom. The number of allylic oxidation sites excluding steroid dienone is 1. The topological polar surface area (TPSA) is 41.9 Å². The monoisotopic (exact) mass is 380 g/mol. The van der Waals surface area contributed by atoms with Gasteiger partial charge in [-0.05, 0) is 24.6 Å². The van der Waals surface area contributed by atoms with E-state index in [0.29, 0.717) is 16.3 Å². The lowest BCUT2D eigenvalue weighted by molar-refractivity contribution is 0.104. The van der Waals surface area contributed by atoms with Gasteiger partial charge in [0.2, 0.25) is 0 Å². The third-order valence-electron chi connectivity index (χ3n) is 3.71. The molecular weight excluding hydrogens is 356 g/mol. The largest absolute Gasteiger partial charge is 0.496 e. The molecule has 0 atom stereocenters. The lowest BCUT2D eigenvalue weighted by Gasteiger charge is -2.15. The molecule has 0 aliphatic carbocycles. The van der Waals surface area contributed by atoms with Gasteiger partial charge in [0, 0.05) is 23.1 Å². The van der Waals surface area contributed by atoms with E-state index in [-0.39, 0.29) is 11.2 Å². The molecule has 0 N–H and O–H groups in total. The predicted octanol–water partition coefficient (Wildman–Crippen LogP) is 5.58. The maximum Gasteiger partial charge on any atom is 0.192 e. The number of benzene rings is 1. The van der Waals surface area contributed by atoms with Gasteiger partial charge in [-0.1, -0.05) is 57.5 Å². The first-order chi connectivity index (χ1) is 11.8. The molecule has 0 fully saturated rings. The molecule has 6 heteroatoms. The molecule has 1 aliphatic heterocycles. The number of ketones is 1. The highest BCUT2D eigenvalue weighted by atomic mass is 35.5. The Morgan fingerprint density at radius 3 is 2.72 bits per heavy atom. The average Bonchev–Trinajstić information content (AvgIpc) is 2.95. The number of hydrogen-bond acceptors (Lipinski definition) is 5. The second-order valence-electron chi connectivity index (χ2n) is 6.93. The number of methoxy groups -OCH3 is 1. The first kappa shape index (κ1) is 19.9. The zero-order valence-corrected chi connectivity index (χ0v) is 17.0. The van der Waals surface area contributed by atoms with Crippen molar-refractivity contribution in [3.8, 4) is 5.75 Å². The summed E-state index contributed by atoms with van der Waals surface area (Å²) in [5.41, 5.74) is 0.407. The number of hydrogen-bond donors (Lipinski definition) is 0. The van der Waals surface area contributed by atoms with E-state index in [1.165, 1.54) is 0 Å². The second kappa shape index (κ2) is 8.28. The summed E-state index contributed by atoms with van der Waals surface area (Å²) < 4.78 is 5.30. The molecule has 0 radical (unpaired) electrons. The van der Waals surface area contributed by atoms with Crippen molar-refractivity contribution in [2.24, 2.45) is 10.5 Å². The summed E-state index contributed by atoms with van der Waals surface area (Å²) in [7, 11) is 1.55. The fourth-order valence-corrected chi connectivity index (χ4v) is 3.49. The molecule has 4 nitrogen and oxygen atoms in total. The predicted molar refractivity (Wildman–Crippen MR) is 107 cm³/mol. The fourth-order valence-electron chi connectivity index (χ4n) is 2.27. The molecule has 2 rings (SSSR count). The van der Waals surface area contributed by atoms with Crippen molar-refractivity contribution in [3.05, 3.63) is 39.9 Å². The Labute approximate surface area is 159 Å². The fraction of sp³-hybridized carbons (Fsp3) is 0.474.